The average molecular weight is 64.1 g/mol. The van der Waals surface area contributed by atoms with Gasteiger partial charge in [-0.3, -0.25) is 0 Å². The molecule has 0 aliphatic rings. The summed E-state index contributed by atoms with van der Waals surface area (Å²) in [7, 11) is 0. The fourth-order valence-corrected chi connectivity index (χ4v) is 0. The van der Waals surface area contributed by atoms with Crippen LogP contribution in [0.2, 0.25) is 0 Å². The van der Waals surface area contributed by atoms with Crippen LogP contribution in [0.3, 0.4) is 0 Å². The first-order valence-corrected chi connectivity index (χ1v) is 1.71. The molecule has 2 radical (unpaired) electrons. The Morgan fingerprint density at radius 1 is 1.60 bits per heavy atom. The first kappa shape index (κ1) is 9.14. The first-order chi connectivity index (χ1) is 1.91. The van der Waals surface area contributed by atoms with Crippen molar-refractivity contribution in [1.82, 2.24) is 0 Å². The number of hydrogen-bond acceptors (Lipinski definition) is 0. The second-order valence-electron chi connectivity index (χ2n) is 0.854. The van der Waals surface area contributed by atoms with Crippen LogP contribution in [-0.4, -0.2) is 18.9 Å². The van der Waals surface area contributed by atoms with Crippen molar-refractivity contribution in [2.45, 2.75) is 19.8 Å². The summed E-state index contributed by atoms with van der Waals surface area (Å²) in [5.74, 6) is 0. The average Bonchev–Trinajstić information content (AvgIpc) is 1.37. The number of rotatable bonds is 1. The van der Waals surface area contributed by atoms with Gasteiger partial charge in [-0.1, -0.05) is 13.3 Å². The summed E-state index contributed by atoms with van der Waals surface area (Å²) >= 11 is 0. The van der Waals surface area contributed by atoms with Gasteiger partial charge in [0.15, 0.2) is 0 Å². The molecule has 1 heteroatoms. The molecule has 0 saturated heterocycles. The monoisotopic (exact) mass is 64.1 g/mol. The molecule has 0 fully saturated rings. The molecule has 0 rings (SSSR count). The molecule has 0 aromatic heterocycles. The third-order valence-electron chi connectivity index (χ3n) is 0.354. The van der Waals surface area contributed by atoms with E-state index in [2.05, 4.69) is 13.8 Å². The Kier molecular flexibility index (Phi) is 16.1. The Labute approximate surface area is 46.1 Å². The van der Waals surface area contributed by atoms with Gasteiger partial charge in [-0.05, 0) is 0 Å². The smallest absolute Gasteiger partial charge is 0.0678 e. The van der Waals surface area contributed by atoms with Gasteiger partial charge in [0.2, 0.25) is 0 Å². The van der Waals surface area contributed by atoms with Crippen LogP contribution >= 0.6 is 0 Å². The van der Waals surface area contributed by atoms with Crippen LogP contribution in [0.4, 0.5) is 0 Å². The molecule has 0 aromatic carbocycles. The van der Waals surface area contributed by atoms with Crippen molar-refractivity contribution in [1.29, 1.82) is 0 Å². The van der Waals surface area contributed by atoms with E-state index in [1.165, 1.54) is 6.42 Å². The number of unbranched alkanes of at least 4 members (excludes halogenated alkanes) is 1. The maximum Gasteiger partial charge on any atom is -0.0678 e. The summed E-state index contributed by atoms with van der Waals surface area (Å²) < 4.78 is 0. The standard InChI is InChI=1S/C4H9.Li/c1-3-4-2;/h1,3-4H2,2H3;/q2*-1. The molecule has 28 valence electrons. The van der Waals surface area contributed by atoms with Crippen molar-refractivity contribution in [2.24, 2.45) is 0 Å². The van der Waals surface area contributed by atoms with Crippen molar-refractivity contribution >= 4 is 18.9 Å². The third-order valence-corrected chi connectivity index (χ3v) is 0.354. The minimum atomic E-state index is 0. The normalized spacial score (nSPS) is 6.00. The molecule has 0 bridgehead atoms. The van der Waals surface area contributed by atoms with Crippen molar-refractivity contribution in [3.05, 3.63) is 6.92 Å². The molecule has 0 amide bonds. The van der Waals surface area contributed by atoms with E-state index in [0.29, 0.717) is 0 Å². The molecule has 0 unspecified atom stereocenters. The third kappa shape index (κ3) is 12.2. The molecule has 0 aliphatic heterocycles. The fourth-order valence-electron chi connectivity index (χ4n) is 0. The molecule has 0 spiro atoms. The van der Waals surface area contributed by atoms with Crippen LogP contribution in [-0.2, 0) is 0 Å². The molecule has 0 aromatic rings. The zero-order valence-electron chi connectivity index (χ0n) is 4.12. The summed E-state index contributed by atoms with van der Waals surface area (Å²) in [4.78, 5) is 0. The topological polar surface area (TPSA) is 0 Å². The predicted octanol–water partition coefficient (Wildman–Crippen LogP) is 1.24. The Bertz CT molecular complexity index is 5.61. The van der Waals surface area contributed by atoms with E-state index in [1.54, 1.807) is 0 Å². The van der Waals surface area contributed by atoms with E-state index in [4.69, 9.17) is 0 Å². The Balaban J connectivity index is 0. The van der Waals surface area contributed by atoms with Crippen LogP contribution < -0.4 is 0 Å². The summed E-state index contributed by atoms with van der Waals surface area (Å²) in [6.45, 7) is 5.72. The Morgan fingerprint density at radius 3 is 1.80 bits per heavy atom. The van der Waals surface area contributed by atoms with Crippen molar-refractivity contribution in [3.8, 4) is 0 Å². The maximum absolute atomic E-state index is 3.60. The largest absolute Gasteiger partial charge is 1.00 e. The van der Waals surface area contributed by atoms with Crippen LogP contribution in [0.5, 0.6) is 0 Å². The van der Waals surface area contributed by atoms with Gasteiger partial charge in [0.1, 0.15) is 0 Å². The molecular formula is C4H9Li-2. The summed E-state index contributed by atoms with van der Waals surface area (Å²) in [6, 6.07) is 0. The van der Waals surface area contributed by atoms with Gasteiger partial charge >= 0.3 is 0 Å². The predicted molar refractivity (Wildman–Crippen MR) is 26.0 cm³/mol. The van der Waals surface area contributed by atoms with Crippen molar-refractivity contribution in [3.63, 3.8) is 0 Å². The van der Waals surface area contributed by atoms with Gasteiger partial charge in [-0.25, -0.2) is 0 Å². The minimum absolute atomic E-state index is 0. The number of hydrogen-bond donors (Lipinski definition) is 0. The van der Waals surface area contributed by atoms with Gasteiger partial charge < -0.3 is 25.8 Å². The summed E-state index contributed by atoms with van der Waals surface area (Å²) in [5, 5.41) is 0. The maximum atomic E-state index is 3.60. The van der Waals surface area contributed by atoms with Crippen LogP contribution in [0, 0.1) is 6.92 Å². The molecule has 0 N–H and O–H groups in total. The van der Waals surface area contributed by atoms with Crippen molar-refractivity contribution < 1.29 is 0 Å². The van der Waals surface area contributed by atoms with Crippen LogP contribution in [0.25, 0.3) is 0 Å². The van der Waals surface area contributed by atoms with Gasteiger partial charge in [-0.2, -0.15) is 6.42 Å². The van der Waals surface area contributed by atoms with E-state index in [1.807, 2.05) is 0 Å². The fraction of sp³-hybridized carbons (Fsp3) is 0.750. The molecule has 0 saturated carbocycles. The molecule has 0 heterocycles. The molecular weight excluding hydrogens is 55.0 g/mol. The molecule has 0 nitrogen and oxygen atoms in total. The van der Waals surface area contributed by atoms with Crippen LogP contribution in [0.1, 0.15) is 19.8 Å². The van der Waals surface area contributed by atoms with E-state index < -0.39 is 0 Å². The summed E-state index contributed by atoms with van der Waals surface area (Å²) in [6.07, 6.45) is 2.28. The van der Waals surface area contributed by atoms with E-state index in [9.17, 15) is 0 Å². The Morgan fingerprint density at radius 2 is 1.80 bits per heavy atom. The van der Waals surface area contributed by atoms with E-state index in [-0.39, 0.29) is 18.9 Å². The van der Waals surface area contributed by atoms with Gasteiger partial charge in [-0.15, -0.1) is 0 Å². The first-order valence-electron chi connectivity index (χ1n) is 1.71. The molecule has 5 heavy (non-hydrogen) atoms. The SMILES string of the molecule is [CH2-]CCC.[Li-]. The quantitative estimate of drug-likeness (QED) is 0.318. The Hall–Kier alpha value is 0.597. The van der Waals surface area contributed by atoms with E-state index >= 15 is 0 Å². The van der Waals surface area contributed by atoms with Gasteiger partial charge in [0, 0.05) is 0 Å². The second-order valence-corrected chi connectivity index (χ2v) is 0.854. The van der Waals surface area contributed by atoms with Gasteiger partial charge in [0.05, 0.1) is 0 Å². The molecule has 0 aliphatic carbocycles. The van der Waals surface area contributed by atoms with Crippen LogP contribution in [0.15, 0.2) is 0 Å². The molecule has 0 atom stereocenters. The zero-order valence-corrected chi connectivity index (χ0v) is 4.12. The summed E-state index contributed by atoms with van der Waals surface area (Å²) in [5.41, 5.74) is 0. The second kappa shape index (κ2) is 8.82. The van der Waals surface area contributed by atoms with Crippen molar-refractivity contribution in [2.75, 3.05) is 0 Å². The minimum Gasteiger partial charge on any atom is -1.00 e. The zero-order chi connectivity index (χ0) is 3.41. The van der Waals surface area contributed by atoms with E-state index in [0.717, 1.165) is 6.42 Å². The van der Waals surface area contributed by atoms with Gasteiger partial charge in [0.25, 0.3) is 0 Å².